The van der Waals surface area contributed by atoms with Crippen LogP contribution in [-0.4, -0.2) is 54.7 Å². The molecule has 1 saturated heterocycles. The minimum absolute atomic E-state index is 0.0114. The molecule has 1 amide bonds. The maximum absolute atomic E-state index is 13.1. The number of aliphatic hydroxyl groups excluding tert-OH is 1. The first-order valence-electron chi connectivity index (χ1n) is 12.3. The van der Waals surface area contributed by atoms with Crippen LogP contribution in [0.15, 0.2) is 29.5 Å². The highest BCUT2D eigenvalue weighted by Crippen LogP contribution is 2.36. The van der Waals surface area contributed by atoms with Crippen LogP contribution in [0.5, 0.6) is 0 Å². The minimum Gasteiger partial charge on any atom is -0.391 e. The lowest BCUT2D eigenvalue weighted by Crippen LogP contribution is -2.41. The van der Waals surface area contributed by atoms with Gasteiger partial charge >= 0.3 is 12.4 Å². The highest BCUT2D eigenvalue weighted by molar-refractivity contribution is 5.94. The maximum atomic E-state index is 13.1. The fourth-order valence-corrected chi connectivity index (χ4v) is 4.33. The highest BCUT2D eigenvalue weighted by Gasteiger charge is 2.37. The van der Waals surface area contributed by atoms with Crippen LogP contribution in [0.25, 0.3) is 0 Å². The number of nitrogens with zero attached hydrogens (tertiary/aromatic N) is 1. The Hall–Kier alpha value is -2.27. The summed E-state index contributed by atoms with van der Waals surface area (Å²) in [4.78, 5) is 14.7. The molecule has 1 aromatic rings. The number of amides is 1. The van der Waals surface area contributed by atoms with Crippen molar-refractivity contribution in [3.63, 3.8) is 0 Å². The zero-order valence-electron chi connectivity index (χ0n) is 20.2. The van der Waals surface area contributed by atoms with Crippen molar-refractivity contribution in [3.05, 3.63) is 46.2 Å². The van der Waals surface area contributed by atoms with Crippen molar-refractivity contribution in [2.75, 3.05) is 32.7 Å². The molecule has 0 bridgehead atoms. The van der Waals surface area contributed by atoms with E-state index in [1.165, 1.54) is 5.57 Å². The first-order valence-corrected chi connectivity index (χ1v) is 12.3. The van der Waals surface area contributed by atoms with E-state index in [0.717, 1.165) is 57.4 Å². The summed E-state index contributed by atoms with van der Waals surface area (Å²) < 4.78 is 78.4. The summed E-state index contributed by atoms with van der Waals surface area (Å²) in [6.07, 6.45) is -4.97. The van der Waals surface area contributed by atoms with Crippen molar-refractivity contribution in [3.8, 4) is 0 Å². The Labute approximate surface area is 206 Å². The molecular formula is C25H33F6N3O2. The number of halogens is 6. The third-order valence-corrected chi connectivity index (χ3v) is 6.90. The SMILES string of the molecule is CCC(O)CNC(CN1CCC(CNC(=O)c2cc(C(F)(F)F)cc(C(F)(F)F)c2)CC1)=C1CCC1. The zero-order valence-corrected chi connectivity index (χ0v) is 20.2. The van der Waals surface area contributed by atoms with Gasteiger partial charge in [0.25, 0.3) is 5.91 Å². The fraction of sp³-hybridized carbons (Fsp3) is 0.640. The number of allylic oxidation sites excluding steroid dienone is 1. The second-order valence-electron chi connectivity index (χ2n) is 9.60. The molecular weight excluding hydrogens is 488 g/mol. The quantitative estimate of drug-likeness (QED) is 0.402. The van der Waals surface area contributed by atoms with Crippen molar-refractivity contribution in [1.82, 2.24) is 15.5 Å². The number of hydrogen-bond donors (Lipinski definition) is 3. The Morgan fingerprint density at radius 3 is 2.08 bits per heavy atom. The Kier molecular flexibility index (Phi) is 9.32. The standard InChI is InChI=1S/C25H33F6N3O2/c1-2-21(35)14-32-22(17-4-3-5-17)15-34-8-6-16(7-9-34)13-33-23(36)18-10-19(24(26,27)28)12-20(11-18)25(29,30)31/h10-12,16,21,32,35H,2-9,13-15H2,1H3,(H,33,36). The van der Waals surface area contributed by atoms with E-state index in [2.05, 4.69) is 15.5 Å². The molecule has 5 nitrogen and oxygen atoms in total. The molecule has 1 aliphatic carbocycles. The van der Waals surface area contributed by atoms with E-state index in [1.807, 2.05) is 6.92 Å². The van der Waals surface area contributed by atoms with E-state index >= 15 is 0 Å². The number of piperidine rings is 1. The number of carbonyl (C=O) groups excluding carboxylic acids is 1. The number of benzene rings is 1. The van der Waals surface area contributed by atoms with E-state index < -0.39 is 41.1 Å². The zero-order chi connectivity index (χ0) is 26.5. The molecule has 0 aromatic heterocycles. The smallest absolute Gasteiger partial charge is 0.391 e. The van der Waals surface area contributed by atoms with Crippen molar-refractivity contribution in [2.24, 2.45) is 5.92 Å². The van der Waals surface area contributed by atoms with Crippen LogP contribution in [0.4, 0.5) is 26.3 Å². The highest BCUT2D eigenvalue weighted by atomic mass is 19.4. The average molecular weight is 522 g/mol. The van der Waals surface area contributed by atoms with Gasteiger partial charge in [0.2, 0.25) is 0 Å². The van der Waals surface area contributed by atoms with Gasteiger partial charge in [0, 0.05) is 30.9 Å². The van der Waals surface area contributed by atoms with E-state index in [4.69, 9.17) is 0 Å². The summed E-state index contributed by atoms with van der Waals surface area (Å²) in [6, 6.07) is 0.910. The lowest BCUT2D eigenvalue weighted by atomic mass is 9.89. The summed E-state index contributed by atoms with van der Waals surface area (Å²) >= 11 is 0. The number of alkyl halides is 6. The van der Waals surface area contributed by atoms with Gasteiger partial charge in [0.05, 0.1) is 17.2 Å². The molecule has 11 heteroatoms. The van der Waals surface area contributed by atoms with Crippen LogP contribution in [-0.2, 0) is 12.4 Å². The molecule has 1 unspecified atom stereocenters. The van der Waals surface area contributed by atoms with Crippen LogP contribution in [0, 0.1) is 5.92 Å². The largest absolute Gasteiger partial charge is 0.416 e. The van der Waals surface area contributed by atoms with Gasteiger partial charge in [-0.1, -0.05) is 6.92 Å². The Bertz CT molecular complexity index is 898. The van der Waals surface area contributed by atoms with E-state index in [0.29, 0.717) is 25.1 Å². The molecule has 3 N–H and O–H groups in total. The van der Waals surface area contributed by atoms with Gasteiger partial charge in [0.15, 0.2) is 0 Å². The number of carbonyl (C=O) groups is 1. The van der Waals surface area contributed by atoms with Crippen LogP contribution in [0.2, 0.25) is 0 Å². The molecule has 1 atom stereocenters. The molecule has 2 fully saturated rings. The molecule has 202 valence electrons. The molecule has 36 heavy (non-hydrogen) atoms. The van der Waals surface area contributed by atoms with Gasteiger partial charge in [-0.3, -0.25) is 9.69 Å². The third kappa shape index (κ3) is 7.86. The van der Waals surface area contributed by atoms with Gasteiger partial charge < -0.3 is 15.7 Å². The monoisotopic (exact) mass is 521 g/mol. The van der Waals surface area contributed by atoms with Gasteiger partial charge in [-0.25, -0.2) is 0 Å². The maximum Gasteiger partial charge on any atom is 0.416 e. The van der Waals surface area contributed by atoms with Gasteiger partial charge in [-0.2, -0.15) is 26.3 Å². The Balaban J connectivity index is 1.53. The summed E-state index contributed by atoms with van der Waals surface area (Å²) in [7, 11) is 0. The predicted molar refractivity (Wildman–Crippen MR) is 123 cm³/mol. The van der Waals surface area contributed by atoms with E-state index in [-0.39, 0.29) is 18.5 Å². The number of nitrogens with one attached hydrogen (secondary N) is 2. The average Bonchev–Trinajstić information content (AvgIpc) is 2.79. The molecule has 3 rings (SSSR count). The van der Waals surface area contributed by atoms with E-state index in [9.17, 15) is 36.2 Å². The van der Waals surface area contributed by atoms with E-state index in [1.54, 1.807) is 0 Å². The molecule has 1 saturated carbocycles. The first-order chi connectivity index (χ1) is 16.9. The van der Waals surface area contributed by atoms with Crippen molar-refractivity contribution in [1.29, 1.82) is 0 Å². The van der Waals surface area contributed by atoms with Crippen LogP contribution < -0.4 is 10.6 Å². The Morgan fingerprint density at radius 1 is 1.03 bits per heavy atom. The first kappa shape index (κ1) is 28.3. The summed E-state index contributed by atoms with van der Waals surface area (Å²) in [5, 5.41) is 15.8. The third-order valence-electron chi connectivity index (χ3n) is 6.90. The van der Waals surface area contributed by atoms with Crippen LogP contribution in [0.3, 0.4) is 0 Å². The molecule has 1 aromatic carbocycles. The van der Waals surface area contributed by atoms with Crippen molar-refractivity contribution in [2.45, 2.75) is 63.9 Å². The van der Waals surface area contributed by atoms with Gasteiger partial charge in [-0.15, -0.1) is 0 Å². The van der Waals surface area contributed by atoms with Gasteiger partial charge in [-0.05, 0) is 81.3 Å². The lowest BCUT2D eigenvalue weighted by Gasteiger charge is -2.34. The molecule has 0 radical (unpaired) electrons. The second-order valence-corrected chi connectivity index (χ2v) is 9.60. The minimum atomic E-state index is -5.00. The summed E-state index contributed by atoms with van der Waals surface area (Å²) in [6.45, 7) is 4.88. The molecule has 2 aliphatic rings. The van der Waals surface area contributed by atoms with Crippen molar-refractivity contribution < 1.29 is 36.2 Å². The number of likely N-dealkylation sites (tertiary alicyclic amines) is 1. The summed E-state index contributed by atoms with van der Waals surface area (Å²) in [5.74, 6) is -0.877. The molecule has 0 spiro atoms. The second kappa shape index (κ2) is 11.9. The van der Waals surface area contributed by atoms with Crippen LogP contribution in [0.1, 0.15) is 66.9 Å². The normalized spacial score (nSPS) is 18.5. The van der Waals surface area contributed by atoms with Crippen LogP contribution >= 0.6 is 0 Å². The molecule has 1 heterocycles. The number of hydrogen-bond acceptors (Lipinski definition) is 4. The lowest BCUT2D eigenvalue weighted by molar-refractivity contribution is -0.143. The predicted octanol–water partition coefficient (Wildman–Crippen LogP) is 4.96. The Morgan fingerprint density at radius 2 is 1.61 bits per heavy atom. The number of rotatable bonds is 9. The number of aliphatic hydroxyl groups is 1. The van der Waals surface area contributed by atoms with Gasteiger partial charge in [0.1, 0.15) is 0 Å². The fourth-order valence-electron chi connectivity index (χ4n) is 4.33. The summed E-state index contributed by atoms with van der Waals surface area (Å²) in [5.41, 5.74) is -1.14. The van der Waals surface area contributed by atoms with Crippen molar-refractivity contribution >= 4 is 5.91 Å². The topological polar surface area (TPSA) is 64.6 Å². The molecule has 1 aliphatic heterocycles.